The van der Waals surface area contributed by atoms with E-state index in [1.54, 1.807) is 84.9 Å². The summed E-state index contributed by atoms with van der Waals surface area (Å²) in [5.41, 5.74) is 1.36. The van der Waals surface area contributed by atoms with Gasteiger partial charge in [0, 0.05) is 22.4 Å². The van der Waals surface area contributed by atoms with E-state index in [2.05, 4.69) is 5.32 Å². The molecule has 5 aromatic rings. The third-order valence-electron chi connectivity index (χ3n) is 10.6. The maximum Gasteiger partial charge on any atom is 0.416 e. The largest absolute Gasteiger partial charge is 0.484 e. The van der Waals surface area contributed by atoms with E-state index in [4.69, 9.17) is 16.3 Å². The van der Waals surface area contributed by atoms with E-state index < -0.39 is 54.2 Å². The van der Waals surface area contributed by atoms with E-state index in [1.807, 2.05) is 19.1 Å². The Kier molecular flexibility index (Phi) is 12.4. The van der Waals surface area contributed by atoms with Gasteiger partial charge in [-0.2, -0.15) is 13.2 Å². The molecule has 5 aromatic carbocycles. The lowest BCUT2D eigenvalue weighted by atomic mass is 9.94. The van der Waals surface area contributed by atoms with Gasteiger partial charge in [0.05, 0.1) is 12.1 Å². The van der Waals surface area contributed by atoms with Crippen LogP contribution in [-0.4, -0.2) is 41.3 Å². The van der Waals surface area contributed by atoms with Crippen LogP contribution in [0.4, 0.5) is 29.3 Å². The van der Waals surface area contributed by atoms with Crippen molar-refractivity contribution in [2.24, 2.45) is 0 Å². The van der Waals surface area contributed by atoms with Gasteiger partial charge >= 0.3 is 12.2 Å². The van der Waals surface area contributed by atoms with Gasteiger partial charge in [-0.1, -0.05) is 109 Å². The molecule has 13 heteroatoms. The molecule has 2 fully saturated rings. The average Bonchev–Trinajstić information content (AvgIpc) is 3.48. The summed E-state index contributed by atoms with van der Waals surface area (Å²) in [6.45, 7) is 1.28. The number of halogens is 4. The second-order valence-electron chi connectivity index (χ2n) is 14.8. The molecule has 1 aliphatic carbocycles. The van der Waals surface area contributed by atoms with E-state index in [9.17, 15) is 32.3 Å². The molecule has 2 unspecified atom stereocenters. The number of hydrogen-bond acceptors (Lipinski definition) is 5. The molecule has 2 aliphatic rings. The summed E-state index contributed by atoms with van der Waals surface area (Å²) >= 11 is 6.08. The fourth-order valence-electron chi connectivity index (χ4n) is 7.61. The maximum atomic E-state index is 14.6. The fourth-order valence-corrected chi connectivity index (χ4v) is 7.73. The Morgan fingerprint density at radius 1 is 0.847 bits per heavy atom. The lowest BCUT2D eigenvalue weighted by molar-refractivity contribution is -0.137. The number of carbonyl (C=O) groups is 4. The van der Waals surface area contributed by atoms with Crippen LogP contribution in [0.2, 0.25) is 5.02 Å². The zero-order valence-electron chi connectivity index (χ0n) is 32.2. The second kappa shape index (κ2) is 17.8. The molecule has 7 rings (SSSR count). The van der Waals surface area contributed by atoms with Gasteiger partial charge < -0.3 is 10.1 Å². The summed E-state index contributed by atoms with van der Waals surface area (Å²) in [4.78, 5) is 61.3. The van der Waals surface area contributed by atoms with Crippen molar-refractivity contribution in [3.63, 3.8) is 0 Å². The number of nitrogens with one attached hydrogen (secondary N) is 1. The number of imide groups is 1. The Balaban J connectivity index is 1.33. The lowest BCUT2D eigenvalue weighted by Crippen LogP contribution is -2.48. The highest BCUT2D eigenvalue weighted by atomic mass is 35.5. The molecule has 5 amide bonds. The Hall–Kier alpha value is -6.14. The standard InChI is InChI=1S/C46H42ClF3N4O5/c1-30-18-20-32(21-19-30)41(43(56)51-36-14-6-3-7-15-36)53(40(55)29-59-39-24-22-35(47)23-25-39)37-16-8-12-33(26-37)42-44(57)52(28-31-10-4-2-5-11-31)45(58)54(42)38-17-9-13-34(27-38)46(48,49)50/h2,4-5,8-13,16-27,36,41-42H,3,6-7,14-15,28-29H2,1H3,(H,51,56). The number of ether oxygens (including phenoxy) is 1. The minimum Gasteiger partial charge on any atom is -0.484 e. The van der Waals surface area contributed by atoms with Gasteiger partial charge in [0.15, 0.2) is 6.61 Å². The predicted octanol–water partition coefficient (Wildman–Crippen LogP) is 9.98. The molecule has 9 nitrogen and oxygen atoms in total. The smallest absolute Gasteiger partial charge is 0.416 e. The van der Waals surface area contributed by atoms with Crippen LogP contribution in [-0.2, 0) is 27.1 Å². The predicted molar refractivity (Wildman–Crippen MR) is 219 cm³/mol. The zero-order valence-corrected chi connectivity index (χ0v) is 33.0. The van der Waals surface area contributed by atoms with Crippen LogP contribution in [0.3, 0.4) is 0 Å². The average molecular weight is 823 g/mol. The van der Waals surface area contributed by atoms with Crippen LogP contribution >= 0.6 is 11.6 Å². The summed E-state index contributed by atoms with van der Waals surface area (Å²) in [6, 6.07) is 29.5. The van der Waals surface area contributed by atoms with Gasteiger partial charge in [-0.15, -0.1) is 0 Å². The third-order valence-corrected chi connectivity index (χ3v) is 10.8. The molecule has 304 valence electrons. The van der Waals surface area contributed by atoms with Crippen LogP contribution in [0.15, 0.2) is 127 Å². The van der Waals surface area contributed by atoms with Gasteiger partial charge in [-0.3, -0.25) is 29.1 Å². The molecule has 1 saturated heterocycles. The minimum atomic E-state index is -4.72. The number of urea groups is 1. The molecule has 0 bridgehead atoms. The van der Waals surface area contributed by atoms with E-state index >= 15 is 0 Å². The van der Waals surface area contributed by atoms with Crippen LogP contribution in [0, 0.1) is 6.92 Å². The molecule has 59 heavy (non-hydrogen) atoms. The van der Waals surface area contributed by atoms with E-state index in [-0.39, 0.29) is 29.5 Å². The number of anilines is 2. The van der Waals surface area contributed by atoms with Crippen molar-refractivity contribution in [3.05, 3.63) is 160 Å². The van der Waals surface area contributed by atoms with Crippen LogP contribution < -0.4 is 19.9 Å². The van der Waals surface area contributed by atoms with E-state index in [0.29, 0.717) is 21.9 Å². The van der Waals surface area contributed by atoms with Crippen molar-refractivity contribution in [1.29, 1.82) is 0 Å². The Morgan fingerprint density at radius 3 is 2.24 bits per heavy atom. The van der Waals surface area contributed by atoms with E-state index in [1.165, 1.54) is 23.1 Å². The quantitative estimate of drug-likeness (QED) is 0.126. The maximum absolute atomic E-state index is 14.6. The Morgan fingerprint density at radius 2 is 1.54 bits per heavy atom. The molecule has 2 atom stereocenters. The summed E-state index contributed by atoms with van der Waals surface area (Å²) in [7, 11) is 0. The zero-order chi connectivity index (χ0) is 41.7. The first-order valence-electron chi connectivity index (χ1n) is 19.4. The normalized spacial score (nSPS) is 16.5. The van der Waals surface area contributed by atoms with Crippen LogP contribution in [0.5, 0.6) is 5.75 Å². The molecule has 1 N–H and O–H groups in total. The van der Waals surface area contributed by atoms with Crippen molar-refractivity contribution in [1.82, 2.24) is 10.2 Å². The molecular formula is C46H42ClF3N4O5. The van der Waals surface area contributed by atoms with Gasteiger partial charge in [-0.05, 0) is 91.1 Å². The summed E-state index contributed by atoms with van der Waals surface area (Å²) in [6.07, 6.45) is -0.165. The molecule has 0 radical (unpaired) electrons. The Bertz CT molecular complexity index is 2300. The molecule has 1 heterocycles. The molecular weight excluding hydrogens is 781 g/mol. The highest BCUT2D eigenvalue weighted by Crippen LogP contribution is 2.41. The number of amides is 5. The van der Waals surface area contributed by atoms with Crippen molar-refractivity contribution in [2.45, 2.75) is 69.9 Å². The van der Waals surface area contributed by atoms with Crippen molar-refractivity contribution in [2.75, 3.05) is 16.4 Å². The summed E-state index contributed by atoms with van der Waals surface area (Å²) in [5, 5.41) is 3.66. The fraction of sp³-hybridized carbons (Fsp3) is 0.261. The molecule has 1 aliphatic heterocycles. The van der Waals surface area contributed by atoms with Gasteiger partial charge in [0.2, 0.25) is 5.91 Å². The number of hydrogen-bond donors (Lipinski definition) is 1. The number of alkyl halides is 3. The summed E-state index contributed by atoms with van der Waals surface area (Å²) < 4.78 is 47.9. The third kappa shape index (κ3) is 9.44. The van der Waals surface area contributed by atoms with Crippen molar-refractivity contribution in [3.8, 4) is 5.75 Å². The first-order chi connectivity index (χ1) is 28.4. The van der Waals surface area contributed by atoms with Gasteiger partial charge in [0.25, 0.3) is 11.8 Å². The van der Waals surface area contributed by atoms with Gasteiger partial charge in [0.1, 0.15) is 17.8 Å². The molecule has 1 saturated carbocycles. The van der Waals surface area contributed by atoms with Gasteiger partial charge in [-0.25, -0.2) is 4.79 Å². The minimum absolute atomic E-state index is 0.100. The first-order valence-corrected chi connectivity index (χ1v) is 19.8. The van der Waals surface area contributed by atoms with E-state index in [0.717, 1.165) is 59.6 Å². The number of rotatable bonds is 12. The number of benzene rings is 5. The first kappa shape index (κ1) is 41.0. The lowest BCUT2D eigenvalue weighted by Gasteiger charge is -2.34. The Labute approximate surface area is 345 Å². The number of nitrogens with zero attached hydrogens (tertiary/aromatic N) is 3. The highest BCUT2D eigenvalue weighted by molar-refractivity contribution is 6.30. The van der Waals surface area contributed by atoms with Crippen LogP contribution in [0.25, 0.3) is 0 Å². The summed E-state index contributed by atoms with van der Waals surface area (Å²) in [5.74, 6) is -1.34. The monoisotopic (exact) mass is 822 g/mol. The second-order valence-corrected chi connectivity index (χ2v) is 15.2. The van der Waals surface area contributed by atoms with Crippen molar-refractivity contribution < 1.29 is 37.1 Å². The topological polar surface area (TPSA) is 99.3 Å². The van der Waals surface area contributed by atoms with Crippen molar-refractivity contribution >= 4 is 46.7 Å². The molecule has 0 aromatic heterocycles. The number of aryl methyl sites for hydroxylation is 1. The van der Waals surface area contributed by atoms with Crippen LogP contribution in [0.1, 0.15) is 72.0 Å². The highest BCUT2D eigenvalue weighted by Gasteiger charge is 2.48. The SMILES string of the molecule is Cc1ccc(C(C(=O)NC2CCCCC2)N(C(=O)COc2ccc(Cl)cc2)c2cccc(C3C(=O)N(Cc4ccccc4)C(=O)N3c3cccc(C(F)(F)F)c3)c2)cc1. The molecule has 0 spiro atoms. The number of carbonyl (C=O) groups excluding carboxylic acids is 4.